The van der Waals surface area contributed by atoms with E-state index in [4.69, 9.17) is 9.47 Å². The Morgan fingerprint density at radius 3 is 2.34 bits per heavy atom. The molecular weight excluding hydrogens is 373 g/mol. The standard InChI is InChI=1S/C23H16FNO4/c1-28-18-6-4-5-16(13-18)25-14-21(19-7-2-3-8-20(19)22(25)26)23(27)29-17-11-9-15(24)10-12-17/h2-14H,1H3. The van der Waals surface area contributed by atoms with Gasteiger partial charge in [-0.05, 0) is 42.5 Å². The molecule has 0 spiro atoms. The van der Waals surface area contributed by atoms with Crippen LogP contribution in [0.4, 0.5) is 4.39 Å². The Morgan fingerprint density at radius 2 is 1.62 bits per heavy atom. The molecule has 4 rings (SSSR count). The SMILES string of the molecule is COc1cccc(-n2cc(C(=O)Oc3ccc(F)cc3)c3ccccc3c2=O)c1. The number of carbonyl (C=O) groups excluding carboxylic acids is 1. The van der Waals surface area contributed by atoms with Crippen LogP contribution in [0, 0.1) is 5.82 Å². The first kappa shape index (κ1) is 18.4. The van der Waals surface area contributed by atoms with Gasteiger partial charge in [-0.2, -0.15) is 0 Å². The topological polar surface area (TPSA) is 57.5 Å². The van der Waals surface area contributed by atoms with Crippen LogP contribution >= 0.6 is 0 Å². The Bertz CT molecular complexity index is 1260. The highest BCUT2D eigenvalue weighted by atomic mass is 19.1. The molecule has 0 bridgehead atoms. The molecule has 144 valence electrons. The summed E-state index contributed by atoms with van der Waals surface area (Å²) in [6, 6.07) is 18.9. The lowest BCUT2D eigenvalue weighted by molar-refractivity contribution is 0.0736. The van der Waals surface area contributed by atoms with E-state index in [2.05, 4.69) is 0 Å². The third kappa shape index (κ3) is 3.60. The summed E-state index contributed by atoms with van der Waals surface area (Å²) >= 11 is 0. The number of benzene rings is 3. The quantitative estimate of drug-likeness (QED) is 0.384. The highest BCUT2D eigenvalue weighted by Gasteiger charge is 2.17. The summed E-state index contributed by atoms with van der Waals surface area (Å²) in [4.78, 5) is 25.9. The molecule has 1 aromatic heterocycles. The Hall–Kier alpha value is -3.93. The molecule has 0 aliphatic heterocycles. The zero-order valence-corrected chi connectivity index (χ0v) is 15.5. The van der Waals surface area contributed by atoms with Gasteiger partial charge in [-0.1, -0.05) is 24.3 Å². The summed E-state index contributed by atoms with van der Waals surface area (Å²) in [7, 11) is 1.54. The summed E-state index contributed by atoms with van der Waals surface area (Å²) in [5, 5.41) is 0.854. The fourth-order valence-corrected chi connectivity index (χ4v) is 3.07. The minimum absolute atomic E-state index is 0.208. The molecule has 4 aromatic rings. The molecule has 1 heterocycles. The number of hydrogen-bond acceptors (Lipinski definition) is 4. The van der Waals surface area contributed by atoms with Crippen molar-refractivity contribution in [3.05, 3.63) is 101 Å². The van der Waals surface area contributed by atoms with Crippen molar-refractivity contribution in [2.24, 2.45) is 0 Å². The second kappa shape index (κ2) is 7.59. The smallest absolute Gasteiger partial charge is 0.345 e. The summed E-state index contributed by atoms with van der Waals surface area (Å²) in [5.74, 6) is -0.288. The normalized spacial score (nSPS) is 10.7. The summed E-state index contributed by atoms with van der Waals surface area (Å²) in [5.41, 5.74) is 0.496. The average molecular weight is 389 g/mol. The van der Waals surface area contributed by atoms with Gasteiger partial charge in [-0.3, -0.25) is 9.36 Å². The first-order valence-corrected chi connectivity index (χ1v) is 8.83. The molecule has 3 aromatic carbocycles. The number of halogens is 1. The monoisotopic (exact) mass is 389 g/mol. The van der Waals surface area contributed by atoms with Crippen molar-refractivity contribution in [3.63, 3.8) is 0 Å². The number of carbonyl (C=O) groups is 1. The highest BCUT2D eigenvalue weighted by Crippen LogP contribution is 2.22. The maximum Gasteiger partial charge on any atom is 0.345 e. The predicted octanol–water partition coefficient (Wildman–Crippen LogP) is 4.36. The van der Waals surface area contributed by atoms with Crippen molar-refractivity contribution in [2.45, 2.75) is 0 Å². The molecular formula is C23H16FNO4. The number of hydrogen-bond donors (Lipinski definition) is 0. The largest absolute Gasteiger partial charge is 0.497 e. The van der Waals surface area contributed by atoms with Crippen LogP contribution < -0.4 is 15.0 Å². The molecule has 0 unspecified atom stereocenters. The number of nitrogens with zero attached hydrogens (tertiary/aromatic N) is 1. The van der Waals surface area contributed by atoms with Crippen molar-refractivity contribution in [1.29, 1.82) is 0 Å². The number of pyridine rings is 1. The highest BCUT2D eigenvalue weighted by molar-refractivity contribution is 6.04. The summed E-state index contributed by atoms with van der Waals surface area (Å²) < 4.78 is 25.1. The first-order valence-electron chi connectivity index (χ1n) is 8.83. The van der Waals surface area contributed by atoms with Crippen LogP contribution in [-0.2, 0) is 0 Å². The zero-order chi connectivity index (χ0) is 20.4. The molecule has 0 saturated heterocycles. The molecule has 0 aliphatic carbocycles. The minimum Gasteiger partial charge on any atom is -0.497 e. The third-order valence-electron chi connectivity index (χ3n) is 4.50. The van der Waals surface area contributed by atoms with Crippen LogP contribution in [0.25, 0.3) is 16.5 Å². The van der Waals surface area contributed by atoms with Gasteiger partial charge in [0.2, 0.25) is 0 Å². The second-order valence-corrected chi connectivity index (χ2v) is 6.31. The Morgan fingerprint density at radius 1 is 0.897 bits per heavy atom. The fraction of sp³-hybridized carbons (Fsp3) is 0.0435. The molecule has 5 nitrogen and oxygen atoms in total. The van der Waals surface area contributed by atoms with E-state index in [0.29, 0.717) is 22.2 Å². The van der Waals surface area contributed by atoms with Crippen LogP contribution in [-0.4, -0.2) is 17.6 Å². The molecule has 0 saturated carbocycles. The van der Waals surface area contributed by atoms with Gasteiger partial charge in [-0.25, -0.2) is 9.18 Å². The van der Waals surface area contributed by atoms with E-state index in [1.54, 1.807) is 48.5 Å². The summed E-state index contributed by atoms with van der Waals surface area (Å²) in [6.45, 7) is 0. The molecule has 0 aliphatic rings. The van der Waals surface area contributed by atoms with Crippen molar-refractivity contribution in [1.82, 2.24) is 4.57 Å². The molecule has 29 heavy (non-hydrogen) atoms. The number of esters is 1. The van der Waals surface area contributed by atoms with Gasteiger partial charge < -0.3 is 9.47 Å². The fourth-order valence-electron chi connectivity index (χ4n) is 3.07. The van der Waals surface area contributed by atoms with Gasteiger partial charge in [0, 0.05) is 23.0 Å². The van der Waals surface area contributed by atoms with Gasteiger partial charge in [0.1, 0.15) is 17.3 Å². The van der Waals surface area contributed by atoms with Crippen LogP contribution in [0.5, 0.6) is 11.5 Å². The predicted molar refractivity (Wildman–Crippen MR) is 107 cm³/mol. The molecule has 6 heteroatoms. The Labute approximate surface area is 165 Å². The second-order valence-electron chi connectivity index (χ2n) is 6.31. The lowest BCUT2D eigenvalue weighted by Gasteiger charge is -2.13. The number of fused-ring (bicyclic) bond motifs is 1. The number of ether oxygens (including phenoxy) is 2. The zero-order valence-electron chi connectivity index (χ0n) is 15.5. The van der Waals surface area contributed by atoms with Crippen LogP contribution in [0.1, 0.15) is 10.4 Å². The molecule has 0 atom stereocenters. The third-order valence-corrected chi connectivity index (χ3v) is 4.50. The first-order chi connectivity index (χ1) is 14.1. The Balaban J connectivity index is 1.86. The molecule has 0 radical (unpaired) electrons. The lowest BCUT2D eigenvalue weighted by atomic mass is 10.1. The van der Waals surface area contributed by atoms with E-state index in [0.717, 1.165) is 0 Å². The van der Waals surface area contributed by atoms with E-state index in [-0.39, 0.29) is 16.9 Å². The average Bonchev–Trinajstić information content (AvgIpc) is 2.76. The maximum absolute atomic E-state index is 13.1. The van der Waals surface area contributed by atoms with E-state index < -0.39 is 11.8 Å². The van der Waals surface area contributed by atoms with E-state index >= 15 is 0 Å². The lowest BCUT2D eigenvalue weighted by Crippen LogP contribution is -2.22. The summed E-state index contributed by atoms with van der Waals surface area (Å²) in [6.07, 6.45) is 1.45. The number of methoxy groups -OCH3 is 1. The van der Waals surface area contributed by atoms with E-state index in [9.17, 15) is 14.0 Å². The molecule has 0 amide bonds. The van der Waals surface area contributed by atoms with Crippen molar-refractivity contribution in [3.8, 4) is 17.2 Å². The van der Waals surface area contributed by atoms with E-state index in [1.807, 2.05) is 0 Å². The van der Waals surface area contributed by atoms with Crippen LogP contribution in [0.3, 0.4) is 0 Å². The minimum atomic E-state index is -0.649. The van der Waals surface area contributed by atoms with Gasteiger partial charge >= 0.3 is 5.97 Å². The van der Waals surface area contributed by atoms with Gasteiger partial charge in [0.05, 0.1) is 18.4 Å². The number of aromatic nitrogens is 1. The van der Waals surface area contributed by atoms with Crippen molar-refractivity contribution >= 4 is 16.7 Å². The number of rotatable bonds is 4. The van der Waals surface area contributed by atoms with Crippen molar-refractivity contribution < 1.29 is 18.7 Å². The molecule has 0 N–H and O–H groups in total. The van der Waals surface area contributed by atoms with Gasteiger partial charge in [-0.15, -0.1) is 0 Å². The van der Waals surface area contributed by atoms with Gasteiger partial charge in [0.15, 0.2) is 0 Å². The molecule has 0 fully saturated rings. The van der Waals surface area contributed by atoms with Crippen molar-refractivity contribution in [2.75, 3.05) is 7.11 Å². The van der Waals surface area contributed by atoms with E-state index in [1.165, 1.54) is 42.1 Å². The van der Waals surface area contributed by atoms with Crippen LogP contribution in [0.2, 0.25) is 0 Å². The Kier molecular flexibility index (Phi) is 4.83. The van der Waals surface area contributed by atoms with Gasteiger partial charge in [0.25, 0.3) is 5.56 Å². The van der Waals surface area contributed by atoms with Crippen LogP contribution in [0.15, 0.2) is 83.8 Å². The maximum atomic E-state index is 13.1.